The highest BCUT2D eigenvalue weighted by atomic mass is 16.5. The summed E-state index contributed by atoms with van der Waals surface area (Å²) in [4.78, 5) is 19.1. The predicted octanol–water partition coefficient (Wildman–Crippen LogP) is 2.15. The lowest BCUT2D eigenvalue weighted by Gasteiger charge is -2.11. The van der Waals surface area contributed by atoms with Gasteiger partial charge in [-0.15, -0.1) is 0 Å². The molecular formula is C14H17N3O2. The van der Waals surface area contributed by atoms with Crippen LogP contribution in [0.25, 0.3) is 11.4 Å². The monoisotopic (exact) mass is 259 g/mol. The van der Waals surface area contributed by atoms with Gasteiger partial charge in [0, 0.05) is 0 Å². The van der Waals surface area contributed by atoms with E-state index in [0.717, 1.165) is 0 Å². The van der Waals surface area contributed by atoms with Crippen molar-refractivity contribution in [2.24, 2.45) is 0 Å². The van der Waals surface area contributed by atoms with E-state index in [1.54, 1.807) is 7.11 Å². The number of nitrogens with zero attached hydrogens (tertiary/aromatic N) is 1. The lowest BCUT2D eigenvalue weighted by atomic mass is 10.1. The third-order valence-corrected chi connectivity index (χ3v) is 2.92. The van der Waals surface area contributed by atoms with E-state index < -0.39 is 0 Å². The van der Waals surface area contributed by atoms with Gasteiger partial charge in [-0.1, -0.05) is 26.0 Å². The second kappa shape index (κ2) is 5.14. The second-order valence-electron chi connectivity index (χ2n) is 4.57. The number of aromatic amines is 1. The van der Waals surface area contributed by atoms with Gasteiger partial charge in [0.25, 0.3) is 5.56 Å². The molecule has 0 aliphatic heterocycles. The molecule has 1 aromatic heterocycles. The Bertz CT molecular complexity index is 647. The van der Waals surface area contributed by atoms with Crippen LogP contribution in [0, 0.1) is 0 Å². The van der Waals surface area contributed by atoms with Gasteiger partial charge in [0.05, 0.1) is 18.2 Å². The molecule has 1 aromatic carbocycles. The van der Waals surface area contributed by atoms with Crippen LogP contribution < -0.4 is 16.0 Å². The largest absolute Gasteiger partial charge is 0.496 e. The molecule has 0 atom stereocenters. The van der Waals surface area contributed by atoms with E-state index in [-0.39, 0.29) is 17.3 Å². The summed E-state index contributed by atoms with van der Waals surface area (Å²) >= 11 is 0. The van der Waals surface area contributed by atoms with Crippen LogP contribution in [0.3, 0.4) is 0 Å². The fraction of sp³-hybridized carbons (Fsp3) is 0.286. The number of aromatic nitrogens is 2. The molecule has 0 aliphatic rings. The maximum atomic E-state index is 12.1. The van der Waals surface area contributed by atoms with Crippen LogP contribution in [-0.2, 0) is 0 Å². The SMILES string of the molecule is COc1ccccc1-c1nc(N)c(C(C)C)c(=O)[nH]1. The molecule has 0 radical (unpaired) electrons. The molecule has 3 N–H and O–H groups in total. The lowest BCUT2D eigenvalue weighted by molar-refractivity contribution is 0.416. The molecule has 19 heavy (non-hydrogen) atoms. The van der Waals surface area contributed by atoms with E-state index in [0.29, 0.717) is 22.7 Å². The Hall–Kier alpha value is -2.30. The molecular weight excluding hydrogens is 242 g/mol. The average Bonchev–Trinajstić information content (AvgIpc) is 2.37. The number of nitrogens with one attached hydrogen (secondary N) is 1. The van der Waals surface area contributed by atoms with E-state index >= 15 is 0 Å². The minimum Gasteiger partial charge on any atom is -0.496 e. The highest BCUT2D eigenvalue weighted by molar-refractivity contribution is 5.65. The number of rotatable bonds is 3. The number of nitrogen functional groups attached to an aromatic ring is 1. The summed E-state index contributed by atoms with van der Waals surface area (Å²) < 4.78 is 5.25. The van der Waals surface area contributed by atoms with E-state index in [1.165, 1.54) is 0 Å². The van der Waals surface area contributed by atoms with Crippen LogP contribution in [-0.4, -0.2) is 17.1 Å². The van der Waals surface area contributed by atoms with Crippen LogP contribution >= 0.6 is 0 Å². The Kier molecular flexibility index (Phi) is 3.55. The van der Waals surface area contributed by atoms with Gasteiger partial charge >= 0.3 is 0 Å². The summed E-state index contributed by atoms with van der Waals surface area (Å²) in [5.74, 6) is 1.36. The quantitative estimate of drug-likeness (QED) is 0.885. The van der Waals surface area contributed by atoms with Gasteiger partial charge in [-0.05, 0) is 18.1 Å². The summed E-state index contributed by atoms with van der Waals surface area (Å²) in [7, 11) is 1.57. The molecule has 0 saturated heterocycles. The summed E-state index contributed by atoms with van der Waals surface area (Å²) in [5, 5.41) is 0. The van der Waals surface area contributed by atoms with Crippen LogP contribution in [0.15, 0.2) is 29.1 Å². The van der Waals surface area contributed by atoms with Gasteiger partial charge in [0.15, 0.2) is 0 Å². The molecule has 0 bridgehead atoms. The molecule has 0 fully saturated rings. The second-order valence-corrected chi connectivity index (χ2v) is 4.57. The number of methoxy groups -OCH3 is 1. The smallest absolute Gasteiger partial charge is 0.256 e. The third kappa shape index (κ3) is 2.45. The van der Waals surface area contributed by atoms with Crippen molar-refractivity contribution in [3.05, 3.63) is 40.2 Å². The number of anilines is 1. The molecule has 2 rings (SSSR count). The predicted molar refractivity (Wildman–Crippen MR) is 75.3 cm³/mol. The molecule has 0 spiro atoms. The Morgan fingerprint density at radius 2 is 2.00 bits per heavy atom. The van der Waals surface area contributed by atoms with Crippen molar-refractivity contribution in [3.63, 3.8) is 0 Å². The number of benzene rings is 1. The fourth-order valence-electron chi connectivity index (χ4n) is 2.03. The first-order chi connectivity index (χ1) is 9.04. The number of hydrogen-bond donors (Lipinski definition) is 2. The van der Waals surface area contributed by atoms with Crippen molar-refractivity contribution >= 4 is 5.82 Å². The number of hydrogen-bond acceptors (Lipinski definition) is 4. The van der Waals surface area contributed by atoms with Crippen molar-refractivity contribution < 1.29 is 4.74 Å². The molecule has 100 valence electrons. The van der Waals surface area contributed by atoms with Crippen LogP contribution in [0.5, 0.6) is 5.75 Å². The molecule has 0 saturated carbocycles. The van der Waals surface area contributed by atoms with Crippen molar-refractivity contribution in [1.82, 2.24) is 9.97 Å². The van der Waals surface area contributed by atoms with E-state index in [1.807, 2.05) is 38.1 Å². The van der Waals surface area contributed by atoms with Crippen molar-refractivity contribution in [1.29, 1.82) is 0 Å². The minimum atomic E-state index is -0.205. The summed E-state index contributed by atoms with van der Waals surface area (Å²) in [6.07, 6.45) is 0. The van der Waals surface area contributed by atoms with E-state index in [9.17, 15) is 4.79 Å². The van der Waals surface area contributed by atoms with Gasteiger partial charge in [-0.3, -0.25) is 4.79 Å². The van der Waals surface area contributed by atoms with Crippen molar-refractivity contribution in [2.45, 2.75) is 19.8 Å². The highest BCUT2D eigenvalue weighted by Gasteiger charge is 2.15. The van der Waals surface area contributed by atoms with E-state index in [4.69, 9.17) is 10.5 Å². The van der Waals surface area contributed by atoms with Crippen LogP contribution in [0.4, 0.5) is 5.82 Å². The van der Waals surface area contributed by atoms with Gasteiger partial charge in [0.2, 0.25) is 0 Å². The zero-order valence-corrected chi connectivity index (χ0v) is 11.2. The molecule has 1 heterocycles. The van der Waals surface area contributed by atoms with Crippen molar-refractivity contribution in [2.75, 3.05) is 12.8 Å². The maximum Gasteiger partial charge on any atom is 0.256 e. The Labute approximate surface area is 111 Å². The maximum absolute atomic E-state index is 12.1. The highest BCUT2D eigenvalue weighted by Crippen LogP contribution is 2.27. The Morgan fingerprint density at radius 3 is 2.58 bits per heavy atom. The number of nitrogens with two attached hydrogens (primary N) is 1. The Balaban J connectivity index is 2.62. The van der Waals surface area contributed by atoms with Gasteiger partial charge in [0.1, 0.15) is 17.4 Å². The zero-order valence-electron chi connectivity index (χ0n) is 11.2. The molecule has 5 heteroatoms. The van der Waals surface area contributed by atoms with Crippen LogP contribution in [0.2, 0.25) is 0 Å². The molecule has 0 aliphatic carbocycles. The molecule has 2 aromatic rings. The van der Waals surface area contributed by atoms with Crippen molar-refractivity contribution in [3.8, 4) is 17.1 Å². The standard InChI is InChI=1S/C14H17N3O2/c1-8(2)11-12(15)16-13(17-14(11)18)9-6-4-5-7-10(9)19-3/h4-8H,1-3H3,(H3,15,16,17,18). The van der Waals surface area contributed by atoms with Crippen LogP contribution in [0.1, 0.15) is 25.3 Å². The first-order valence-electron chi connectivity index (χ1n) is 6.07. The fourth-order valence-corrected chi connectivity index (χ4v) is 2.03. The first-order valence-corrected chi connectivity index (χ1v) is 6.07. The first kappa shape index (κ1) is 13.1. The molecule has 0 amide bonds. The number of ether oxygens (including phenoxy) is 1. The topological polar surface area (TPSA) is 81.0 Å². The average molecular weight is 259 g/mol. The van der Waals surface area contributed by atoms with Gasteiger partial charge in [-0.25, -0.2) is 4.98 Å². The molecule has 0 unspecified atom stereocenters. The minimum absolute atomic E-state index is 0.0305. The Morgan fingerprint density at radius 1 is 1.32 bits per heavy atom. The summed E-state index contributed by atoms with van der Waals surface area (Å²) in [5.41, 5.74) is 6.90. The summed E-state index contributed by atoms with van der Waals surface area (Å²) in [6.45, 7) is 3.82. The number of para-hydroxylation sites is 1. The lowest BCUT2D eigenvalue weighted by Crippen LogP contribution is -2.19. The number of H-pyrrole nitrogens is 1. The third-order valence-electron chi connectivity index (χ3n) is 2.92. The normalized spacial score (nSPS) is 10.7. The van der Waals surface area contributed by atoms with Gasteiger partial charge in [-0.2, -0.15) is 0 Å². The van der Waals surface area contributed by atoms with E-state index in [2.05, 4.69) is 9.97 Å². The zero-order chi connectivity index (χ0) is 14.0. The van der Waals surface area contributed by atoms with Gasteiger partial charge < -0.3 is 15.5 Å². The molecule has 5 nitrogen and oxygen atoms in total. The summed E-state index contributed by atoms with van der Waals surface area (Å²) in [6, 6.07) is 7.34.